The van der Waals surface area contributed by atoms with E-state index >= 15 is 0 Å². The Morgan fingerprint density at radius 1 is 0.615 bits per heavy atom. The quantitative estimate of drug-likeness (QED) is 0.288. The summed E-state index contributed by atoms with van der Waals surface area (Å²) in [5.41, 5.74) is 0. The van der Waals surface area contributed by atoms with Crippen molar-refractivity contribution in [2.24, 2.45) is 0 Å². The van der Waals surface area contributed by atoms with Crippen LogP contribution in [0.15, 0.2) is 121 Å². The topological polar surface area (TPSA) is 77.4 Å². The molecule has 5 rings (SSSR count). The second kappa shape index (κ2) is 13.7. The molecule has 1 fully saturated rings. The Bertz CT molecular complexity index is 1190. The van der Waals surface area contributed by atoms with Crippen LogP contribution in [0.2, 0.25) is 0 Å². The molecule has 0 aromatic heterocycles. The number of hydrogen-bond acceptors (Lipinski definition) is 6. The number of rotatable bonds is 10. The molecule has 202 valence electrons. The first-order valence-corrected chi connectivity index (χ1v) is 15.3. The van der Waals surface area contributed by atoms with E-state index in [1.807, 2.05) is 121 Å². The van der Waals surface area contributed by atoms with Crippen molar-refractivity contribution in [3.8, 4) is 0 Å². The lowest BCUT2D eigenvalue weighted by Gasteiger charge is -2.45. The third kappa shape index (κ3) is 6.63. The van der Waals surface area contributed by atoms with E-state index in [1.165, 1.54) is 7.11 Å². The van der Waals surface area contributed by atoms with Crippen molar-refractivity contribution >= 4 is 37.5 Å². The summed E-state index contributed by atoms with van der Waals surface area (Å²) >= 11 is 0. The van der Waals surface area contributed by atoms with Gasteiger partial charge in [-0.15, -0.1) is 0 Å². The molecule has 4 aromatic carbocycles. The molecule has 0 aliphatic carbocycles. The van der Waals surface area contributed by atoms with Gasteiger partial charge in [-0.2, -0.15) is 0 Å². The van der Waals surface area contributed by atoms with E-state index in [4.69, 9.17) is 18.5 Å². The summed E-state index contributed by atoms with van der Waals surface area (Å²) < 4.78 is 25.5. The van der Waals surface area contributed by atoms with Crippen molar-refractivity contribution in [1.82, 2.24) is 0 Å². The fourth-order valence-electron chi connectivity index (χ4n) is 4.50. The average Bonchev–Trinajstić information content (AvgIpc) is 3.01. The molecule has 0 amide bonds. The van der Waals surface area contributed by atoms with Gasteiger partial charge in [-0.25, -0.2) is 0 Å². The summed E-state index contributed by atoms with van der Waals surface area (Å²) in [4.78, 5) is 0. The molecule has 0 saturated carbocycles. The lowest BCUT2D eigenvalue weighted by molar-refractivity contribution is -0.282. The maximum atomic E-state index is 11.5. The highest BCUT2D eigenvalue weighted by Gasteiger charge is 2.49. The van der Waals surface area contributed by atoms with Crippen molar-refractivity contribution in [1.29, 1.82) is 0 Å². The molecule has 1 saturated heterocycles. The first kappa shape index (κ1) is 28.0. The van der Waals surface area contributed by atoms with Crippen molar-refractivity contribution in [3.05, 3.63) is 121 Å². The molecule has 0 radical (unpaired) electrons. The molecule has 1 heterocycles. The third-order valence-corrected chi connectivity index (χ3v) is 10.4. The molecule has 1 aliphatic rings. The second-order valence-electron chi connectivity index (χ2n) is 9.02. The van der Waals surface area contributed by atoms with Gasteiger partial charge in [0.25, 0.3) is 0 Å². The SMILES string of the molecule is CO[C@@H]1O[C@H](CO)[C@@H](O)[C@H](OP(c2ccccc2)c2ccccc2)[C@H]1OP(c1ccccc1)c1ccccc1. The van der Waals surface area contributed by atoms with Crippen molar-refractivity contribution < 1.29 is 28.7 Å². The molecule has 39 heavy (non-hydrogen) atoms. The summed E-state index contributed by atoms with van der Waals surface area (Å²) in [5.74, 6) is 0. The van der Waals surface area contributed by atoms with Crippen LogP contribution >= 0.6 is 16.3 Å². The van der Waals surface area contributed by atoms with Crippen molar-refractivity contribution in [2.75, 3.05) is 13.7 Å². The molecule has 6 nitrogen and oxygen atoms in total. The minimum absolute atomic E-state index is 0.381. The summed E-state index contributed by atoms with van der Waals surface area (Å²) in [6.45, 7) is -0.381. The highest BCUT2D eigenvalue weighted by Crippen LogP contribution is 2.45. The molecule has 0 unspecified atom stereocenters. The maximum absolute atomic E-state index is 11.5. The summed E-state index contributed by atoms with van der Waals surface area (Å²) in [6.07, 6.45) is -4.52. The Hall–Kier alpha value is -2.50. The van der Waals surface area contributed by atoms with Crippen LogP contribution in [0.25, 0.3) is 0 Å². The zero-order valence-electron chi connectivity index (χ0n) is 21.6. The minimum Gasteiger partial charge on any atom is -0.394 e. The summed E-state index contributed by atoms with van der Waals surface area (Å²) in [7, 11) is -1.11. The number of hydrogen-bond donors (Lipinski definition) is 2. The highest BCUT2D eigenvalue weighted by molar-refractivity contribution is 7.69. The van der Waals surface area contributed by atoms with Crippen LogP contribution in [-0.4, -0.2) is 54.6 Å². The van der Waals surface area contributed by atoms with Crippen LogP contribution in [-0.2, 0) is 18.5 Å². The lowest BCUT2D eigenvalue weighted by Crippen LogP contribution is -2.60. The van der Waals surface area contributed by atoms with Crippen molar-refractivity contribution in [3.63, 3.8) is 0 Å². The highest BCUT2D eigenvalue weighted by atomic mass is 31.1. The van der Waals surface area contributed by atoms with Crippen LogP contribution in [0.1, 0.15) is 0 Å². The predicted molar refractivity (Wildman–Crippen MR) is 157 cm³/mol. The van der Waals surface area contributed by atoms with E-state index in [0.29, 0.717) is 0 Å². The Morgan fingerprint density at radius 2 is 0.974 bits per heavy atom. The third-order valence-electron chi connectivity index (χ3n) is 6.45. The zero-order chi connectivity index (χ0) is 27.0. The number of benzene rings is 4. The van der Waals surface area contributed by atoms with Crippen LogP contribution < -0.4 is 21.2 Å². The number of aliphatic hydroxyl groups is 2. The lowest BCUT2D eigenvalue weighted by atomic mass is 9.99. The van der Waals surface area contributed by atoms with E-state index < -0.39 is 47.0 Å². The van der Waals surface area contributed by atoms with Gasteiger partial charge in [0.2, 0.25) is 0 Å². The van der Waals surface area contributed by atoms with Crippen LogP contribution in [0.4, 0.5) is 0 Å². The van der Waals surface area contributed by atoms with Gasteiger partial charge in [-0.3, -0.25) is 0 Å². The Balaban J connectivity index is 1.55. The van der Waals surface area contributed by atoms with E-state index in [1.54, 1.807) is 0 Å². The van der Waals surface area contributed by atoms with Gasteiger partial charge < -0.3 is 28.7 Å². The van der Waals surface area contributed by atoms with Crippen LogP contribution in [0.3, 0.4) is 0 Å². The van der Waals surface area contributed by atoms with E-state index in [0.717, 1.165) is 21.2 Å². The average molecular weight is 563 g/mol. The molecule has 4 aromatic rings. The Morgan fingerprint density at radius 3 is 1.31 bits per heavy atom. The standard InChI is InChI=1S/C31H32O6P2/c1-34-31-30(37-39(25-18-10-4-11-19-25)26-20-12-5-13-21-26)29(28(33)27(22-32)35-31)36-38(23-14-6-2-7-15-23)24-16-8-3-9-17-24/h2-21,27-33H,22H2,1H3/t27-,28-,29+,30-,31-/m1/s1. The smallest absolute Gasteiger partial charge is 0.186 e. The zero-order valence-corrected chi connectivity index (χ0v) is 23.4. The Labute approximate surface area is 231 Å². The second-order valence-corrected chi connectivity index (χ2v) is 12.7. The van der Waals surface area contributed by atoms with Gasteiger partial charge in [0.05, 0.1) is 22.9 Å². The minimum atomic E-state index is -1.33. The largest absolute Gasteiger partial charge is 0.394 e. The molecular formula is C31H32O6P2. The molecule has 0 bridgehead atoms. The van der Waals surface area contributed by atoms with Gasteiger partial charge in [-0.05, 0) is 0 Å². The summed E-state index contributed by atoms with van der Waals surface area (Å²) in [6, 6.07) is 40.0. The fraction of sp³-hybridized carbons (Fsp3) is 0.226. The molecular weight excluding hydrogens is 530 g/mol. The van der Waals surface area contributed by atoms with Crippen LogP contribution in [0.5, 0.6) is 0 Å². The van der Waals surface area contributed by atoms with E-state index in [2.05, 4.69) is 0 Å². The van der Waals surface area contributed by atoms with E-state index in [9.17, 15) is 10.2 Å². The van der Waals surface area contributed by atoms with Gasteiger partial charge in [-0.1, -0.05) is 121 Å². The van der Waals surface area contributed by atoms with Gasteiger partial charge in [0, 0.05) is 28.3 Å². The monoisotopic (exact) mass is 562 g/mol. The molecule has 1 aliphatic heterocycles. The Kier molecular flexibility index (Phi) is 9.86. The first-order valence-electron chi connectivity index (χ1n) is 12.8. The van der Waals surface area contributed by atoms with E-state index in [-0.39, 0.29) is 6.61 Å². The normalized spacial score (nSPS) is 23.3. The van der Waals surface area contributed by atoms with Crippen LogP contribution in [0, 0.1) is 0 Å². The number of methoxy groups -OCH3 is 1. The van der Waals surface area contributed by atoms with Gasteiger partial charge >= 0.3 is 0 Å². The van der Waals surface area contributed by atoms with Gasteiger partial charge in [0.1, 0.15) is 24.4 Å². The number of ether oxygens (including phenoxy) is 2. The molecule has 8 heteroatoms. The molecule has 5 atom stereocenters. The molecule has 0 spiro atoms. The summed E-state index contributed by atoms with van der Waals surface area (Å²) in [5, 5.41) is 25.6. The number of aliphatic hydroxyl groups excluding tert-OH is 2. The predicted octanol–water partition coefficient (Wildman–Crippen LogP) is 3.58. The van der Waals surface area contributed by atoms with Crippen molar-refractivity contribution in [2.45, 2.75) is 30.7 Å². The van der Waals surface area contributed by atoms with Gasteiger partial charge in [0.15, 0.2) is 6.29 Å². The maximum Gasteiger partial charge on any atom is 0.186 e. The fourth-order valence-corrected chi connectivity index (χ4v) is 8.31. The molecule has 2 N–H and O–H groups in total. The first-order chi connectivity index (χ1) is 19.2.